The minimum absolute atomic E-state index is 0.251. The smallest absolute Gasteiger partial charge is 0.340 e. The third kappa shape index (κ3) is 2.93. The van der Waals surface area contributed by atoms with E-state index in [0.717, 1.165) is 5.56 Å². The molecule has 104 valence electrons. The second-order valence-electron chi connectivity index (χ2n) is 4.29. The lowest BCUT2D eigenvalue weighted by atomic mass is 10.1. The second kappa shape index (κ2) is 6.14. The summed E-state index contributed by atoms with van der Waals surface area (Å²) in [6.07, 6.45) is 2.94. The van der Waals surface area contributed by atoms with Crippen molar-refractivity contribution in [3.05, 3.63) is 59.2 Å². The van der Waals surface area contributed by atoms with E-state index in [9.17, 15) is 14.0 Å². The molecule has 0 amide bonds. The number of carbonyl (C=O) groups is 2. The van der Waals surface area contributed by atoms with Crippen molar-refractivity contribution in [1.29, 1.82) is 0 Å². The van der Waals surface area contributed by atoms with Crippen LogP contribution in [0.2, 0.25) is 0 Å². The van der Waals surface area contributed by atoms with Crippen LogP contribution in [-0.4, -0.2) is 23.9 Å². The van der Waals surface area contributed by atoms with Crippen molar-refractivity contribution in [2.45, 2.75) is 13.0 Å². The lowest BCUT2D eigenvalue weighted by Crippen LogP contribution is -2.09. The van der Waals surface area contributed by atoms with Gasteiger partial charge in [-0.25, -0.2) is 9.18 Å². The molecular formula is C15H14FNO3. The zero-order valence-electron chi connectivity index (χ0n) is 11.0. The summed E-state index contributed by atoms with van der Waals surface area (Å²) < 4.78 is 19.1. The molecule has 1 heterocycles. The maximum Gasteiger partial charge on any atom is 0.340 e. The quantitative estimate of drug-likeness (QED) is 0.622. The standard InChI is InChI=1S/C15H14FNO3/c1-20-15(19)13-7-9-17(14(13)10-18)8-6-11-2-4-12(16)5-3-11/h2-5,7,9-10H,6,8H2,1H3. The van der Waals surface area contributed by atoms with Gasteiger partial charge in [-0.1, -0.05) is 12.1 Å². The zero-order valence-corrected chi connectivity index (χ0v) is 11.0. The topological polar surface area (TPSA) is 48.3 Å². The van der Waals surface area contributed by atoms with Crippen LogP contribution in [0, 0.1) is 5.82 Å². The molecule has 1 aromatic carbocycles. The van der Waals surface area contributed by atoms with E-state index in [0.29, 0.717) is 24.9 Å². The minimum atomic E-state index is -0.535. The summed E-state index contributed by atoms with van der Waals surface area (Å²) in [5.41, 5.74) is 1.50. The van der Waals surface area contributed by atoms with Gasteiger partial charge in [-0.05, 0) is 30.2 Å². The summed E-state index contributed by atoms with van der Waals surface area (Å²) in [7, 11) is 1.27. The van der Waals surface area contributed by atoms with Crippen molar-refractivity contribution in [2.24, 2.45) is 0 Å². The Kier molecular flexibility index (Phi) is 4.30. The number of halogens is 1. The van der Waals surface area contributed by atoms with Gasteiger partial charge in [0.25, 0.3) is 0 Å². The summed E-state index contributed by atoms with van der Waals surface area (Å²) in [4.78, 5) is 22.6. The molecule has 5 heteroatoms. The Bertz CT molecular complexity index is 617. The van der Waals surface area contributed by atoms with Crippen molar-refractivity contribution < 1.29 is 18.7 Å². The van der Waals surface area contributed by atoms with Gasteiger partial charge >= 0.3 is 5.97 Å². The van der Waals surface area contributed by atoms with E-state index in [4.69, 9.17) is 0 Å². The van der Waals surface area contributed by atoms with E-state index < -0.39 is 5.97 Å². The van der Waals surface area contributed by atoms with Gasteiger partial charge in [0.15, 0.2) is 6.29 Å². The Morgan fingerprint density at radius 2 is 2.00 bits per heavy atom. The number of esters is 1. The van der Waals surface area contributed by atoms with Gasteiger partial charge in [-0.3, -0.25) is 4.79 Å². The predicted octanol–water partition coefficient (Wildman–Crippen LogP) is 2.47. The number of methoxy groups -OCH3 is 1. The number of aromatic nitrogens is 1. The minimum Gasteiger partial charge on any atom is -0.465 e. The van der Waals surface area contributed by atoms with Crippen LogP contribution in [0.25, 0.3) is 0 Å². The van der Waals surface area contributed by atoms with Crippen molar-refractivity contribution in [3.63, 3.8) is 0 Å². The highest BCUT2D eigenvalue weighted by molar-refractivity contribution is 5.97. The molecule has 0 aliphatic heterocycles. The number of hydrogen-bond donors (Lipinski definition) is 0. The highest BCUT2D eigenvalue weighted by Gasteiger charge is 2.15. The van der Waals surface area contributed by atoms with Crippen molar-refractivity contribution >= 4 is 12.3 Å². The van der Waals surface area contributed by atoms with Gasteiger partial charge in [-0.2, -0.15) is 0 Å². The SMILES string of the molecule is COC(=O)c1ccn(CCc2ccc(F)cc2)c1C=O. The van der Waals surface area contributed by atoms with Gasteiger partial charge in [-0.15, -0.1) is 0 Å². The molecule has 1 aromatic heterocycles. The molecular weight excluding hydrogens is 261 g/mol. The third-order valence-corrected chi connectivity index (χ3v) is 3.08. The summed E-state index contributed by atoms with van der Waals surface area (Å²) in [5.74, 6) is -0.816. The fraction of sp³-hybridized carbons (Fsp3) is 0.200. The molecule has 0 spiro atoms. The van der Waals surface area contributed by atoms with E-state index in [1.165, 1.54) is 19.2 Å². The Labute approximate surface area is 115 Å². The van der Waals surface area contributed by atoms with Gasteiger partial charge in [0.2, 0.25) is 0 Å². The molecule has 20 heavy (non-hydrogen) atoms. The first-order valence-electron chi connectivity index (χ1n) is 6.12. The van der Waals surface area contributed by atoms with E-state index in [2.05, 4.69) is 4.74 Å². The molecule has 0 saturated heterocycles. The lowest BCUT2D eigenvalue weighted by Gasteiger charge is -2.06. The van der Waals surface area contributed by atoms with Crippen molar-refractivity contribution in [2.75, 3.05) is 7.11 Å². The first-order valence-corrected chi connectivity index (χ1v) is 6.12. The molecule has 0 radical (unpaired) electrons. The molecule has 0 bridgehead atoms. The van der Waals surface area contributed by atoms with Crippen LogP contribution in [0.15, 0.2) is 36.5 Å². The van der Waals surface area contributed by atoms with Crippen LogP contribution in [0.4, 0.5) is 4.39 Å². The Hall–Kier alpha value is -2.43. The molecule has 0 aliphatic carbocycles. The van der Waals surface area contributed by atoms with Crippen LogP contribution >= 0.6 is 0 Å². The maximum absolute atomic E-state index is 12.8. The number of aryl methyl sites for hydroxylation is 2. The Morgan fingerprint density at radius 1 is 1.30 bits per heavy atom. The normalized spacial score (nSPS) is 10.3. The number of nitrogens with zero attached hydrogens (tertiary/aromatic N) is 1. The van der Waals surface area contributed by atoms with E-state index in [1.54, 1.807) is 29.0 Å². The summed E-state index contributed by atoms with van der Waals surface area (Å²) >= 11 is 0. The summed E-state index contributed by atoms with van der Waals surface area (Å²) in [6.45, 7) is 0.525. The number of ether oxygens (including phenoxy) is 1. The number of carbonyl (C=O) groups excluding carboxylic acids is 2. The second-order valence-corrected chi connectivity index (χ2v) is 4.29. The van der Waals surface area contributed by atoms with Gasteiger partial charge in [0, 0.05) is 12.7 Å². The third-order valence-electron chi connectivity index (χ3n) is 3.08. The lowest BCUT2D eigenvalue weighted by molar-refractivity contribution is 0.0598. The highest BCUT2D eigenvalue weighted by Crippen LogP contribution is 2.12. The summed E-state index contributed by atoms with van der Waals surface area (Å²) in [5, 5.41) is 0. The van der Waals surface area contributed by atoms with Gasteiger partial charge < -0.3 is 9.30 Å². The first kappa shape index (κ1) is 14.0. The zero-order chi connectivity index (χ0) is 14.5. The fourth-order valence-corrected chi connectivity index (χ4v) is 1.99. The van der Waals surface area contributed by atoms with Crippen LogP contribution in [0.3, 0.4) is 0 Å². The molecule has 0 fully saturated rings. The van der Waals surface area contributed by atoms with Crippen molar-refractivity contribution in [1.82, 2.24) is 4.57 Å². The van der Waals surface area contributed by atoms with E-state index in [1.807, 2.05) is 0 Å². The largest absolute Gasteiger partial charge is 0.465 e. The molecule has 2 aromatic rings. The summed E-state index contributed by atoms with van der Waals surface area (Å²) in [6, 6.07) is 7.73. The average Bonchev–Trinajstić information content (AvgIpc) is 2.88. The molecule has 0 aliphatic rings. The first-order chi connectivity index (χ1) is 9.65. The van der Waals surface area contributed by atoms with Gasteiger partial charge in [0.1, 0.15) is 5.82 Å². The fourth-order valence-electron chi connectivity index (χ4n) is 1.99. The Balaban J connectivity index is 2.13. The average molecular weight is 275 g/mol. The van der Waals surface area contributed by atoms with Crippen LogP contribution < -0.4 is 0 Å². The monoisotopic (exact) mass is 275 g/mol. The number of aldehydes is 1. The van der Waals surface area contributed by atoms with Gasteiger partial charge in [0.05, 0.1) is 18.4 Å². The maximum atomic E-state index is 12.8. The molecule has 0 atom stereocenters. The molecule has 0 saturated carbocycles. The number of rotatable bonds is 5. The highest BCUT2D eigenvalue weighted by atomic mass is 19.1. The number of benzene rings is 1. The van der Waals surface area contributed by atoms with Crippen LogP contribution in [0.5, 0.6) is 0 Å². The molecule has 4 nitrogen and oxygen atoms in total. The Morgan fingerprint density at radius 3 is 2.60 bits per heavy atom. The molecule has 0 N–H and O–H groups in total. The van der Waals surface area contributed by atoms with Crippen LogP contribution in [0.1, 0.15) is 26.4 Å². The van der Waals surface area contributed by atoms with Crippen LogP contribution in [-0.2, 0) is 17.7 Å². The molecule has 2 rings (SSSR count). The van der Waals surface area contributed by atoms with Crippen molar-refractivity contribution in [3.8, 4) is 0 Å². The van der Waals surface area contributed by atoms with E-state index in [-0.39, 0.29) is 11.4 Å². The molecule has 0 unspecified atom stereocenters. The van der Waals surface area contributed by atoms with E-state index >= 15 is 0 Å². The predicted molar refractivity (Wildman–Crippen MR) is 71.3 cm³/mol. The number of hydrogen-bond acceptors (Lipinski definition) is 3.